The molecule has 1 aliphatic carbocycles. The average Bonchev–Trinajstić information content (AvgIpc) is 3.59. The van der Waals surface area contributed by atoms with Crippen LogP contribution in [0.2, 0.25) is 0 Å². The van der Waals surface area contributed by atoms with Gasteiger partial charge in [0, 0.05) is 36.0 Å². The van der Waals surface area contributed by atoms with E-state index < -0.39 is 5.60 Å². The Kier molecular flexibility index (Phi) is 6.42. The van der Waals surface area contributed by atoms with Crippen molar-refractivity contribution in [2.75, 3.05) is 37.7 Å². The minimum absolute atomic E-state index is 0.203. The van der Waals surface area contributed by atoms with Gasteiger partial charge in [0.2, 0.25) is 0 Å². The summed E-state index contributed by atoms with van der Waals surface area (Å²) >= 11 is 0. The highest BCUT2D eigenvalue weighted by Crippen LogP contribution is 2.43. The number of rotatable bonds is 3. The molecular weight excluding hydrogens is 454 g/mol. The molecule has 0 spiro atoms. The van der Waals surface area contributed by atoms with Crippen LogP contribution < -0.4 is 10.2 Å². The number of aromatic nitrogens is 5. The van der Waals surface area contributed by atoms with Gasteiger partial charge in [-0.15, -0.1) is 0 Å². The van der Waals surface area contributed by atoms with E-state index >= 15 is 0 Å². The number of pyridine rings is 1. The quantitative estimate of drug-likeness (QED) is 0.486. The van der Waals surface area contributed by atoms with Gasteiger partial charge in [-0.25, -0.2) is 4.98 Å². The van der Waals surface area contributed by atoms with Crippen molar-refractivity contribution in [3.63, 3.8) is 0 Å². The first kappa shape index (κ1) is 23.5. The molecule has 9 nitrogen and oxygen atoms in total. The van der Waals surface area contributed by atoms with Crippen LogP contribution in [0.3, 0.4) is 0 Å². The van der Waals surface area contributed by atoms with Crippen molar-refractivity contribution in [2.24, 2.45) is 11.8 Å². The standard InChI is InChI=1S/C27H35N7O2/c1-19-18-36-15-14-33(19)25-16-23(22-17-30-34(26(22)31-25)24-8-13-29-32-24)27(35)9-4-20(5-10-27)2-3-21-6-11-28-12-7-21/h8,13,16-17,19-21,28,35H,4-7,9-12,14-15,18H2,1H3,(H,29,32)/t19-,20?,27?/m1/s1. The number of ether oxygens (including phenoxy) is 1. The van der Waals surface area contributed by atoms with Crippen molar-refractivity contribution in [1.29, 1.82) is 0 Å². The molecule has 9 heteroatoms. The highest BCUT2D eigenvalue weighted by atomic mass is 16.5. The Morgan fingerprint density at radius 3 is 2.61 bits per heavy atom. The molecule has 36 heavy (non-hydrogen) atoms. The third-order valence-electron chi connectivity index (χ3n) is 8.04. The van der Waals surface area contributed by atoms with Gasteiger partial charge in [-0.05, 0) is 70.2 Å². The summed E-state index contributed by atoms with van der Waals surface area (Å²) in [5.74, 6) is 9.49. The summed E-state index contributed by atoms with van der Waals surface area (Å²) in [6.45, 7) is 6.38. The van der Waals surface area contributed by atoms with Crippen LogP contribution in [-0.4, -0.2) is 69.0 Å². The lowest BCUT2D eigenvalue weighted by Crippen LogP contribution is -2.44. The monoisotopic (exact) mass is 489 g/mol. The first-order valence-corrected chi connectivity index (χ1v) is 13.3. The number of hydrogen-bond acceptors (Lipinski definition) is 7. The number of piperidine rings is 1. The molecule has 3 N–H and O–H groups in total. The molecule has 0 amide bonds. The zero-order valence-electron chi connectivity index (χ0n) is 20.9. The first-order valence-electron chi connectivity index (χ1n) is 13.3. The fraction of sp³-hybridized carbons (Fsp3) is 0.593. The van der Waals surface area contributed by atoms with E-state index in [1.165, 1.54) is 0 Å². The fourth-order valence-electron chi connectivity index (χ4n) is 5.84. The highest BCUT2D eigenvalue weighted by molar-refractivity contribution is 5.83. The second-order valence-electron chi connectivity index (χ2n) is 10.5. The van der Waals surface area contributed by atoms with Crippen LogP contribution in [0.15, 0.2) is 24.5 Å². The van der Waals surface area contributed by atoms with Crippen LogP contribution >= 0.6 is 0 Å². The molecule has 1 atom stereocenters. The minimum atomic E-state index is -0.933. The van der Waals surface area contributed by atoms with Crippen LogP contribution in [0.1, 0.15) is 51.0 Å². The number of aliphatic hydroxyl groups is 1. The van der Waals surface area contributed by atoms with Gasteiger partial charge in [-0.2, -0.15) is 14.9 Å². The van der Waals surface area contributed by atoms with Gasteiger partial charge in [0.1, 0.15) is 5.82 Å². The lowest BCUT2D eigenvalue weighted by atomic mass is 9.74. The van der Waals surface area contributed by atoms with Crippen LogP contribution in [0.5, 0.6) is 0 Å². The number of morpholine rings is 1. The lowest BCUT2D eigenvalue weighted by molar-refractivity contribution is -0.00663. The molecule has 0 aromatic carbocycles. The largest absolute Gasteiger partial charge is 0.385 e. The molecule has 3 aromatic heterocycles. The summed E-state index contributed by atoms with van der Waals surface area (Å²) in [4.78, 5) is 7.30. The van der Waals surface area contributed by atoms with Crippen LogP contribution in [0, 0.1) is 23.7 Å². The molecule has 3 aliphatic rings. The number of aromatic amines is 1. The van der Waals surface area contributed by atoms with E-state index in [1.54, 1.807) is 10.9 Å². The molecule has 6 rings (SSSR count). The Labute approximate surface area is 211 Å². The van der Waals surface area contributed by atoms with Crippen molar-refractivity contribution >= 4 is 16.9 Å². The Balaban J connectivity index is 1.33. The summed E-state index contributed by atoms with van der Waals surface area (Å²) in [5, 5.41) is 28.1. The normalized spacial score (nSPS) is 27.7. The summed E-state index contributed by atoms with van der Waals surface area (Å²) in [5.41, 5.74) is 0.694. The Morgan fingerprint density at radius 2 is 1.89 bits per heavy atom. The number of H-pyrrole nitrogens is 1. The summed E-state index contributed by atoms with van der Waals surface area (Å²) in [7, 11) is 0. The molecule has 0 unspecified atom stereocenters. The van der Waals surface area contributed by atoms with Gasteiger partial charge in [0.05, 0.1) is 31.1 Å². The number of nitrogens with zero attached hydrogens (tertiary/aromatic N) is 5. The van der Waals surface area contributed by atoms with E-state index in [9.17, 15) is 5.11 Å². The SMILES string of the molecule is C[C@@H]1COCCN1c1cc(C2(O)CCC(C#CC3CCNCC3)CC2)c2cnn(-c3cc[nH]n3)c2n1. The van der Waals surface area contributed by atoms with E-state index in [2.05, 4.69) is 50.3 Å². The molecule has 1 saturated carbocycles. The molecule has 190 valence electrons. The Morgan fingerprint density at radius 1 is 1.11 bits per heavy atom. The van der Waals surface area contributed by atoms with Crippen molar-refractivity contribution < 1.29 is 9.84 Å². The third kappa shape index (κ3) is 4.49. The molecule has 5 heterocycles. The lowest BCUT2D eigenvalue weighted by Gasteiger charge is -2.38. The van der Waals surface area contributed by atoms with Gasteiger partial charge in [0.25, 0.3) is 0 Å². The number of hydrogen-bond donors (Lipinski definition) is 3. The van der Waals surface area contributed by atoms with Crippen molar-refractivity contribution in [3.05, 3.63) is 30.1 Å². The zero-order chi connectivity index (χ0) is 24.5. The number of anilines is 1. The van der Waals surface area contributed by atoms with E-state index in [-0.39, 0.29) is 6.04 Å². The van der Waals surface area contributed by atoms with Crippen LogP contribution in [0.4, 0.5) is 5.82 Å². The topological polar surface area (TPSA) is 104 Å². The summed E-state index contributed by atoms with van der Waals surface area (Å²) in [6.07, 6.45) is 9.04. The molecule has 2 saturated heterocycles. The predicted molar refractivity (Wildman–Crippen MR) is 138 cm³/mol. The Hall–Kier alpha value is -2.93. The minimum Gasteiger partial charge on any atom is -0.385 e. The number of nitrogens with one attached hydrogen (secondary N) is 2. The number of fused-ring (bicyclic) bond motifs is 1. The maximum absolute atomic E-state index is 12.0. The van der Waals surface area contributed by atoms with E-state index in [4.69, 9.17) is 9.72 Å². The second-order valence-corrected chi connectivity index (χ2v) is 10.5. The molecule has 3 aromatic rings. The fourth-order valence-corrected chi connectivity index (χ4v) is 5.84. The zero-order valence-corrected chi connectivity index (χ0v) is 20.9. The Bertz CT molecular complexity index is 1240. The van der Waals surface area contributed by atoms with E-state index in [0.29, 0.717) is 43.7 Å². The maximum Gasteiger partial charge on any atom is 0.177 e. The van der Waals surface area contributed by atoms with Crippen LogP contribution in [-0.2, 0) is 10.3 Å². The van der Waals surface area contributed by atoms with E-state index in [0.717, 1.165) is 67.7 Å². The maximum atomic E-state index is 12.0. The molecule has 2 aliphatic heterocycles. The predicted octanol–water partition coefficient (Wildman–Crippen LogP) is 2.75. The third-order valence-corrected chi connectivity index (χ3v) is 8.04. The second kappa shape index (κ2) is 9.85. The van der Waals surface area contributed by atoms with Crippen molar-refractivity contribution in [2.45, 2.75) is 57.1 Å². The molecule has 0 radical (unpaired) electrons. The van der Waals surface area contributed by atoms with Gasteiger partial charge >= 0.3 is 0 Å². The summed E-state index contributed by atoms with van der Waals surface area (Å²) in [6, 6.07) is 4.16. The van der Waals surface area contributed by atoms with Gasteiger partial charge in [-0.3, -0.25) is 5.10 Å². The van der Waals surface area contributed by atoms with Crippen molar-refractivity contribution in [3.8, 4) is 17.7 Å². The van der Waals surface area contributed by atoms with E-state index in [1.807, 2.05) is 12.3 Å². The highest BCUT2D eigenvalue weighted by Gasteiger charge is 2.37. The molecule has 3 fully saturated rings. The smallest absolute Gasteiger partial charge is 0.177 e. The van der Waals surface area contributed by atoms with Crippen LogP contribution in [0.25, 0.3) is 16.9 Å². The van der Waals surface area contributed by atoms with Crippen molar-refractivity contribution in [1.82, 2.24) is 30.3 Å². The van der Waals surface area contributed by atoms with Gasteiger partial charge in [0.15, 0.2) is 11.5 Å². The first-order chi connectivity index (χ1) is 17.6. The molecular formula is C27H35N7O2. The van der Waals surface area contributed by atoms with Gasteiger partial charge < -0.3 is 20.1 Å². The van der Waals surface area contributed by atoms with Gasteiger partial charge in [-0.1, -0.05) is 11.8 Å². The average molecular weight is 490 g/mol. The summed E-state index contributed by atoms with van der Waals surface area (Å²) < 4.78 is 7.42. The molecule has 0 bridgehead atoms.